The van der Waals surface area contributed by atoms with Crippen LogP contribution in [-0.4, -0.2) is 18.2 Å². The first-order valence-electron chi connectivity index (χ1n) is 6.56. The zero-order valence-electron chi connectivity index (χ0n) is 11.8. The average molecular weight is 321 g/mol. The fraction of sp³-hybridized carbons (Fsp3) is 0.125. The van der Waals surface area contributed by atoms with Crippen molar-refractivity contribution < 1.29 is 14.0 Å². The molecule has 0 unspecified atom stereocenters. The predicted octanol–water partition coefficient (Wildman–Crippen LogP) is 3.73. The molecule has 0 saturated heterocycles. The second kappa shape index (κ2) is 7.04. The summed E-state index contributed by atoms with van der Waals surface area (Å²) in [6.45, 7) is 1.41. The van der Waals surface area contributed by atoms with Crippen molar-refractivity contribution in [3.63, 3.8) is 0 Å². The molecule has 0 atom stereocenters. The molecule has 2 aromatic carbocycles. The van der Waals surface area contributed by atoms with Crippen molar-refractivity contribution in [1.29, 1.82) is 0 Å². The van der Waals surface area contributed by atoms with Crippen LogP contribution in [0.5, 0.6) is 0 Å². The summed E-state index contributed by atoms with van der Waals surface area (Å²) >= 11 is 5.84. The third-order valence-corrected chi connectivity index (χ3v) is 3.26. The number of ketones is 1. The lowest BCUT2D eigenvalue weighted by molar-refractivity contribution is -0.114. The molecular weight excluding hydrogens is 307 g/mol. The Morgan fingerprint density at radius 3 is 2.55 bits per heavy atom. The van der Waals surface area contributed by atoms with Gasteiger partial charge in [-0.2, -0.15) is 0 Å². The van der Waals surface area contributed by atoms with E-state index in [1.54, 1.807) is 24.3 Å². The largest absolute Gasteiger partial charge is 0.376 e. The molecule has 2 rings (SSSR count). The maximum Gasteiger partial charge on any atom is 0.243 e. The molecule has 0 aliphatic carbocycles. The van der Waals surface area contributed by atoms with Crippen LogP contribution in [0.15, 0.2) is 42.5 Å². The van der Waals surface area contributed by atoms with E-state index >= 15 is 0 Å². The molecule has 2 aromatic rings. The summed E-state index contributed by atoms with van der Waals surface area (Å²) in [5, 5.41) is 5.59. The number of benzene rings is 2. The van der Waals surface area contributed by atoms with Crippen LogP contribution in [-0.2, 0) is 4.79 Å². The molecule has 0 spiro atoms. The monoisotopic (exact) mass is 320 g/mol. The van der Waals surface area contributed by atoms with Crippen LogP contribution in [0.1, 0.15) is 17.3 Å². The van der Waals surface area contributed by atoms with E-state index in [0.717, 1.165) is 6.07 Å². The topological polar surface area (TPSA) is 58.2 Å². The number of para-hydroxylation sites is 1. The minimum atomic E-state index is -0.475. The number of carbonyl (C=O) groups excluding carboxylic acids is 2. The molecule has 0 bridgehead atoms. The van der Waals surface area contributed by atoms with Crippen LogP contribution in [0.25, 0.3) is 0 Å². The van der Waals surface area contributed by atoms with Gasteiger partial charge in [-0.15, -0.1) is 0 Å². The summed E-state index contributed by atoms with van der Waals surface area (Å²) < 4.78 is 12.9. The summed E-state index contributed by atoms with van der Waals surface area (Å²) in [5.41, 5.74) is 1.42. The fourth-order valence-electron chi connectivity index (χ4n) is 1.91. The second-order valence-corrected chi connectivity index (χ2v) is 5.03. The number of nitrogens with one attached hydrogen (secondary N) is 2. The van der Waals surface area contributed by atoms with Gasteiger partial charge < -0.3 is 10.6 Å². The Kier molecular flexibility index (Phi) is 5.12. The minimum absolute atomic E-state index is 0.0437. The molecule has 2 N–H and O–H groups in total. The molecule has 6 heteroatoms. The fourth-order valence-corrected chi connectivity index (χ4v) is 2.12. The smallest absolute Gasteiger partial charge is 0.243 e. The van der Waals surface area contributed by atoms with Gasteiger partial charge in [-0.25, -0.2) is 4.39 Å². The van der Waals surface area contributed by atoms with Crippen molar-refractivity contribution in [2.75, 3.05) is 17.2 Å². The Morgan fingerprint density at radius 1 is 1.14 bits per heavy atom. The first-order chi connectivity index (χ1) is 10.5. The van der Waals surface area contributed by atoms with Crippen LogP contribution in [0, 0.1) is 5.82 Å². The standard InChI is InChI=1S/C16H14ClFN2O2/c1-10(21)12-4-2-3-5-14(12)19-9-16(22)20-15-7-6-11(18)8-13(15)17/h2-8,19H,9H2,1H3,(H,20,22). The highest BCUT2D eigenvalue weighted by molar-refractivity contribution is 6.33. The Labute approximate surface area is 132 Å². The van der Waals surface area contributed by atoms with Gasteiger partial charge in [0, 0.05) is 11.3 Å². The van der Waals surface area contributed by atoms with E-state index in [0.29, 0.717) is 16.9 Å². The van der Waals surface area contributed by atoms with Gasteiger partial charge in [-0.1, -0.05) is 23.7 Å². The molecule has 0 aromatic heterocycles. The van der Waals surface area contributed by atoms with Crippen LogP contribution in [0.3, 0.4) is 0 Å². The second-order valence-electron chi connectivity index (χ2n) is 4.63. The van der Waals surface area contributed by atoms with Gasteiger partial charge in [0.15, 0.2) is 5.78 Å². The Balaban J connectivity index is 2.00. The highest BCUT2D eigenvalue weighted by Gasteiger charge is 2.09. The van der Waals surface area contributed by atoms with Crippen LogP contribution in [0.2, 0.25) is 5.02 Å². The number of Topliss-reactive ketones (excluding diaryl/α,β-unsaturated/α-hetero) is 1. The average Bonchev–Trinajstić information content (AvgIpc) is 2.48. The van der Waals surface area contributed by atoms with E-state index in [1.807, 2.05) is 0 Å². The van der Waals surface area contributed by atoms with E-state index in [9.17, 15) is 14.0 Å². The van der Waals surface area contributed by atoms with Crippen molar-refractivity contribution in [2.24, 2.45) is 0 Å². The van der Waals surface area contributed by atoms with Crippen molar-refractivity contribution in [3.8, 4) is 0 Å². The maximum atomic E-state index is 12.9. The lowest BCUT2D eigenvalue weighted by Crippen LogP contribution is -2.22. The predicted molar refractivity (Wildman–Crippen MR) is 85.0 cm³/mol. The number of halogens is 2. The molecule has 1 amide bonds. The molecule has 0 radical (unpaired) electrons. The summed E-state index contributed by atoms with van der Waals surface area (Å²) in [4.78, 5) is 23.4. The van der Waals surface area contributed by atoms with Gasteiger partial charge in [0.2, 0.25) is 5.91 Å². The van der Waals surface area contributed by atoms with Crippen LogP contribution in [0.4, 0.5) is 15.8 Å². The molecule has 0 saturated carbocycles. The van der Waals surface area contributed by atoms with Gasteiger partial charge >= 0.3 is 0 Å². The summed E-state index contributed by atoms with van der Waals surface area (Å²) in [6, 6.07) is 10.6. The molecule has 22 heavy (non-hydrogen) atoms. The molecule has 0 heterocycles. The van der Waals surface area contributed by atoms with Gasteiger partial charge in [0.25, 0.3) is 0 Å². The summed E-state index contributed by atoms with van der Waals surface area (Å²) in [6.07, 6.45) is 0. The number of anilines is 2. The van der Waals surface area contributed by atoms with Crippen molar-refractivity contribution in [1.82, 2.24) is 0 Å². The quantitative estimate of drug-likeness (QED) is 0.825. The zero-order chi connectivity index (χ0) is 16.1. The number of hydrogen-bond acceptors (Lipinski definition) is 3. The minimum Gasteiger partial charge on any atom is -0.376 e. The zero-order valence-corrected chi connectivity index (χ0v) is 12.6. The Hall–Kier alpha value is -2.40. The molecule has 114 valence electrons. The lowest BCUT2D eigenvalue weighted by atomic mass is 10.1. The third kappa shape index (κ3) is 4.05. The van der Waals surface area contributed by atoms with Gasteiger partial charge in [0.05, 0.1) is 17.3 Å². The van der Waals surface area contributed by atoms with E-state index in [2.05, 4.69) is 10.6 Å². The maximum absolute atomic E-state index is 12.9. The molecular formula is C16H14ClFN2O2. The summed E-state index contributed by atoms with van der Waals surface area (Å²) in [7, 11) is 0. The third-order valence-electron chi connectivity index (χ3n) is 2.95. The SMILES string of the molecule is CC(=O)c1ccccc1NCC(=O)Nc1ccc(F)cc1Cl. The first kappa shape index (κ1) is 16.0. The number of amides is 1. The Bertz CT molecular complexity index is 719. The van der Waals surface area contributed by atoms with Crippen molar-refractivity contribution >= 4 is 34.7 Å². The van der Waals surface area contributed by atoms with Crippen molar-refractivity contribution in [2.45, 2.75) is 6.92 Å². The molecule has 0 aliphatic rings. The Morgan fingerprint density at radius 2 is 1.86 bits per heavy atom. The van der Waals surface area contributed by atoms with E-state index in [-0.39, 0.29) is 23.3 Å². The van der Waals surface area contributed by atoms with E-state index < -0.39 is 5.82 Å². The van der Waals surface area contributed by atoms with Crippen LogP contribution >= 0.6 is 11.6 Å². The first-order valence-corrected chi connectivity index (χ1v) is 6.94. The number of carbonyl (C=O) groups is 2. The van der Waals surface area contributed by atoms with E-state index in [1.165, 1.54) is 19.1 Å². The summed E-state index contributed by atoms with van der Waals surface area (Å²) in [5.74, 6) is -0.923. The number of rotatable bonds is 5. The highest BCUT2D eigenvalue weighted by atomic mass is 35.5. The molecule has 0 aliphatic heterocycles. The van der Waals surface area contributed by atoms with Gasteiger partial charge in [-0.05, 0) is 37.3 Å². The molecule has 0 fully saturated rings. The van der Waals surface area contributed by atoms with Crippen LogP contribution < -0.4 is 10.6 Å². The highest BCUT2D eigenvalue weighted by Crippen LogP contribution is 2.22. The molecule has 4 nitrogen and oxygen atoms in total. The van der Waals surface area contributed by atoms with Gasteiger partial charge in [0.1, 0.15) is 5.82 Å². The van der Waals surface area contributed by atoms with Crippen molar-refractivity contribution in [3.05, 3.63) is 58.9 Å². The van der Waals surface area contributed by atoms with E-state index in [4.69, 9.17) is 11.6 Å². The lowest BCUT2D eigenvalue weighted by Gasteiger charge is -2.11. The van der Waals surface area contributed by atoms with Gasteiger partial charge in [-0.3, -0.25) is 9.59 Å². The number of hydrogen-bond donors (Lipinski definition) is 2. The normalized spacial score (nSPS) is 10.1.